The quantitative estimate of drug-likeness (QED) is 0.231. The van der Waals surface area contributed by atoms with Crippen LogP contribution in [0, 0.1) is 5.41 Å². The molecule has 2 aliphatic heterocycles. The van der Waals surface area contributed by atoms with Crippen LogP contribution in [0.2, 0.25) is 0 Å². The van der Waals surface area contributed by atoms with E-state index in [4.69, 9.17) is 47.4 Å². The predicted octanol–water partition coefficient (Wildman–Crippen LogP) is 0.589. The molecule has 18 heteroatoms. The van der Waals surface area contributed by atoms with Gasteiger partial charge in [-0.2, -0.15) is 0 Å². The average molecular weight is 690 g/mol. The number of hydrogen-bond donors (Lipinski definition) is 1. The van der Waals surface area contributed by atoms with E-state index in [-0.39, 0.29) is 0 Å². The number of hydrogen-bond acceptors (Lipinski definition) is 17. The van der Waals surface area contributed by atoms with E-state index >= 15 is 0 Å². The van der Waals surface area contributed by atoms with E-state index in [1.165, 1.54) is 7.05 Å². The second-order valence-corrected chi connectivity index (χ2v) is 11.9. The fourth-order valence-corrected chi connectivity index (χ4v) is 5.88. The Bertz CT molecular complexity index is 1230. The van der Waals surface area contributed by atoms with E-state index < -0.39 is 115 Å². The Hall–Kier alpha value is -4.03. The first-order chi connectivity index (χ1) is 22.4. The van der Waals surface area contributed by atoms with E-state index in [0.717, 1.165) is 48.0 Å². The van der Waals surface area contributed by atoms with E-state index in [0.29, 0.717) is 12.8 Å². The number of carbonyl (C=O) groups is 7. The van der Waals surface area contributed by atoms with Gasteiger partial charge in [0.1, 0.15) is 18.8 Å². The fraction of sp³-hybridized carbons (Fsp3) is 0.767. The van der Waals surface area contributed by atoms with Gasteiger partial charge in [-0.1, -0.05) is 13.3 Å². The third-order valence-corrected chi connectivity index (χ3v) is 7.95. The number of ether oxygens (including phenoxy) is 10. The monoisotopic (exact) mass is 689 g/mol. The highest BCUT2D eigenvalue weighted by molar-refractivity contribution is 5.69. The Balaban J connectivity index is 2.17. The molecule has 2 heterocycles. The summed E-state index contributed by atoms with van der Waals surface area (Å²) in [5.74, 6) is -4.89. The maximum Gasteiger partial charge on any atom is 0.407 e. The summed E-state index contributed by atoms with van der Waals surface area (Å²) in [5.41, 5.74) is -0.581. The minimum Gasteiger partial charge on any atom is -0.463 e. The number of esters is 6. The minimum atomic E-state index is -1.80. The smallest absolute Gasteiger partial charge is 0.407 e. The molecule has 10 atom stereocenters. The maximum atomic E-state index is 12.5. The molecule has 3 aliphatic rings. The second-order valence-electron chi connectivity index (χ2n) is 11.9. The molecule has 1 N–H and O–H groups in total. The lowest BCUT2D eigenvalue weighted by Crippen LogP contribution is -2.69. The summed E-state index contributed by atoms with van der Waals surface area (Å²) in [6, 6.07) is 0. The fourth-order valence-electron chi connectivity index (χ4n) is 5.88. The summed E-state index contributed by atoms with van der Waals surface area (Å²) >= 11 is 0. The van der Waals surface area contributed by atoms with Gasteiger partial charge in [0.05, 0.1) is 0 Å². The molecule has 2 saturated heterocycles. The number of alkyl carbamates (subject to hydrolysis) is 1. The summed E-state index contributed by atoms with van der Waals surface area (Å²) in [4.78, 5) is 85.9. The standard InChI is InChI=1S/C30H43NO17/c1-13(32)39-12-19-20(40-14(2)33)21(47-29(38)31-8)24(43-17(5)36)28(45-19)46-25-22(41-15(3)34)23(42-16(4)35)26(30(7)10-9-11-30)48-27(25)44-18(6)37/h19-28H,9-12H2,1-8H3,(H,31,38)/t19-,20-,21-,22+,23+,24+,25+,26-,27+,28-/m1/s1. The molecule has 1 aliphatic carbocycles. The van der Waals surface area contributed by atoms with Crippen LogP contribution in [0.25, 0.3) is 0 Å². The molecule has 3 fully saturated rings. The molecule has 0 aromatic rings. The van der Waals surface area contributed by atoms with Gasteiger partial charge >= 0.3 is 41.9 Å². The summed E-state index contributed by atoms with van der Waals surface area (Å²) in [6.45, 7) is 7.87. The molecule has 1 amide bonds. The molecule has 1 saturated carbocycles. The molecule has 0 radical (unpaired) electrons. The van der Waals surface area contributed by atoms with Crippen molar-refractivity contribution in [1.82, 2.24) is 5.32 Å². The van der Waals surface area contributed by atoms with Crippen LogP contribution >= 0.6 is 0 Å². The van der Waals surface area contributed by atoms with Gasteiger partial charge in [-0.25, -0.2) is 4.79 Å². The minimum absolute atomic E-state index is 0.564. The Kier molecular flexibility index (Phi) is 13.1. The summed E-state index contributed by atoms with van der Waals surface area (Å²) in [5, 5.41) is 2.24. The second kappa shape index (κ2) is 16.4. The van der Waals surface area contributed by atoms with Crippen molar-refractivity contribution in [3.63, 3.8) is 0 Å². The molecule has 0 spiro atoms. The molecule has 0 bridgehead atoms. The molecular weight excluding hydrogens is 646 g/mol. The molecule has 0 aromatic carbocycles. The van der Waals surface area contributed by atoms with Gasteiger partial charge in [-0.05, 0) is 18.3 Å². The number of nitrogens with one attached hydrogen (secondary N) is 1. The van der Waals surface area contributed by atoms with Gasteiger partial charge in [-0.15, -0.1) is 0 Å². The first kappa shape index (κ1) is 38.4. The van der Waals surface area contributed by atoms with Crippen LogP contribution in [-0.4, -0.2) is 117 Å². The van der Waals surface area contributed by atoms with Crippen molar-refractivity contribution in [3.8, 4) is 0 Å². The van der Waals surface area contributed by atoms with Crippen LogP contribution in [0.3, 0.4) is 0 Å². The van der Waals surface area contributed by atoms with Crippen molar-refractivity contribution in [3.05, 3.63) is 0 Å². The van der Waals surface area contributed by atoms with E-state index in [9.17, 15) is 33.6 Å². The Morgan fingerprint density at radius 2 is 1.10 bits per heavy atom. The first-order valence-electron chi connectivity index (χ1n) is 15.3. The van der Waals surface area contributed by atoms with Crippen molar-refractivity contribution >= 4 is 41.9 Å². The highest BCUT2D eigenvalue weighted by atomic mass is 16.8. The van der Waals surface area contributed by atoms with Gasteiger partial charge < -0.3 is 52.7 Å². The molecule has 0 aromatic heterocycles. The van der Waals surface area contributed by atoms with Gasteiger partial charge in [-0.3, -0.25) is 28.8 Å². The molecule has 0 unspecified atom stereocenters. The largest absolute Gasteiger partial charge is 0.463 e. The normalized spacial score (nSPS) is 32.2. The number of amides is 1. The van der Waals surface area contributed by atoms with Gasteiger partial charge in [0.2, 0.25) is 6.29 Å². The molecular formula is C30H43NO17. The maximum absolute atomic E-state index is 12.5. The third kappa shape index (κ3) is 9.76. The molecule has 270 valence electrons. The van der Waals surface area contributed by atoms with Crippen LogP contribution < -0.4 is 5.32 Å². The highest BCUT2D eigenvalue weighted by Gasteiger charge is 2.61. The molecule has 3 rings (SSSR count). The summed E-state index contributed by atoms with van der Waals surface area (Å²) in [6.07, 6.45) is -13.9. The van der Waals surface area contributed by atoms with Crippen LogP contribution in [0.5, 0.6) is 0 Å². The van der Waals surface area contributed by atoms with Crippen molar-refractivity contribution in [2.45, 2.75) is 129 Å². The topological polar surface area (TPSA) is 224 Å². The van der Waals surface area contributed by atoms with Crippen LogP contribution in [0.4, 0.5) is 4.79 Å². The van der Waals surface area contributed by atoms with Crippen molar-refractivity contribution < 1.29 is 80.9 Å². The Morgan fingerprint density at radius 1 is 0.604 bits per heavy atom. The van der Waals surface area contributed by atoms with Gasteiger partial charge in [0, 0.05) is 48.6 Å². The summed E-state index contributed by atoms with van der Waals surface area (Å²) in [7, 11) is 1.24. The lowest BCUT2D eigenvalue weighted by Gasteiger charge is -2.54. The lowest BCUT2D eigenvalue weighted by atomic mass is 9.64. The third-order valence-electron chi connectivity index (χ3n) is 7.95. The van der Waals surface area contributed by atoms with Crippen molar-refractivity contribution in [2.75, 3.05) is 13.7 Å². The van der Waals surface area contributed by atoms with E-state index in [1.807, 2.05) is 6.92 Å². The van der Waals surface area contributed by atoms with Crippen LogP contribution in [-0.2, 0) is 76.1 Å². The highest BCUT2D eigenvalue weighted by Crippen LogP contribution is 2.50. The van der Waals surface area contributed by atoms with Crippen molar-refractivity contribution in [2.24, 2.45) is 5.41 Å². The number of rotatable bonds is 11. The van der Waals surface area contributed by atoms with Crippen LogP contribution in [0.1, 0.15) is 67.7 Å². The van der Waals surface area contributed by atoms with Crippen LogP contribution in [0.15, 0.2) is 0 Å². The first-order valence-corrected chi connectivity index (χ1v) is 15.3. The average Bonchev–Trinajstić information content (AvgIpc) is 2.95. The zero-order chi connectivity index (χ0) is 35.9. The van der Waals surface area contributed by atoms with E-state index in [2.05, 4.69) is 5.32 Å². The van der Waals surface area contributed by atoms with E-state index in [1.54, 1.807) is 0 Å². The zero-order valence-electron chi connectivity index (χ0n) is 28.0. The zero-order valence-corrected chi connectivity index (χ0v) is 28.0. The predicted molar refractivity (Wildman–Crippen MR) is 154 cm³/mol. The Labute approximate surface area is 276 Å². The lowest BCUT2D eigenvalue weighted by molar-refractivity contribution is -0.370. The number of carbonyl (C=O) groups excluding carboxylic acids is 7. The van der Waals surface area contributed by atoms with Gasteiger partial charge in [0.15, 0.2) is 42.9 Å². The molecule has 48 heavy (non-hydrogen) atoms. The summed E-state index contributed by atoms with van der Waals surface area (Å²) < 4.78 is 56.9. The SMILES string of the molecule is CNC(=O)O[C@H]1[C@H](OC(C)=O)[C@@H](O[C@@H]2[C@@H](OC(C)=O)O[C@@H](C3(C)CCC3)[C@@H](OC(C)=O)[C@@H]2OC(C)=O)O[C@H](COC(C)=O)[C@H]1OC(C)=O. The molecule has 18 nitrogen and oxygen atoms in total. The Morgan fingerprint density at radius 3 is 1.58 bits per heavy atom. The van der Waals surface area contributed by atoms with Gasteiger partial charge in [0.25, 0.3) is 0 Å². The van der Waals surface area contributed by atoms with Crippen molar-refractivity contribution in [1.29, 1.82) is 0 Å².